The Hall–Kier alpha value is -1.26. The second-order valence-corrected chi connectivity index (χ2v) is 6.33. The van der Waals surface area contributed by atoms with Crippen molar-refractivity contribution in [3.63, 3.8) is 0 Å². The minimum atomic E-state index is -0.782. The van der Waals surface area contributed by atoms with Crippen LogP contribution in [0.15, 0.2) is 18.2 Å². The second kappa shape index (κ2) is 7.14. The van der Waals surface area contributed by atoms with Crippen LogP contribution >= 0.6 is 0 Å². The van der Waals surface area contributed by atoms with Crippen molar-refractivity contribution in [2.75, 3.05) is 21.3 Å². The maximum Gasteiger partial charge on any atom is 0.160 e. The van der Waals surface area contributed by atoms with Gasteiger partial charge in [0.2, 0.25) is 0 Å². The van der Waals surface area contributed by atoms with E-state index in [2.05, 4.69) is 0 Å². The third-order valence-electron chi connectivity index (χ3n) is 3.85. The summed E-state index contributed by atoms with van der Waals surface area (Å²) in [5, 5.41) is 10.6. The SMILES string of the molecule is COc1ccc(CC(C)(O)CCC(C)(C)OC)cc1OC. The fourth-order valence-corrected chi connectivity index (χ4v) is 2.19. The molecule has 120 valence electrons. The first-order valence-electron chi connectivity index (χ1n) is 7.21. The molecular formula is C17H28O4. The van der Waals surface area contributed by atoms with E-state index < -0.39 is 5.60 Å². The molecule has 0 spiro atoms. The third kappa shape index (κ3) is 5.56. The number of hydrogen-bond acceptors (Lipinski definition) is 4. The molecule has 1 rings (SSSR count). The van der Waals surface area contributed by atoms with Crippen LogP contribution in [0.5, 0.6) is 11.5 Å². The van der Waals surface area contributed by atoms with Crippen LogP contribution in [0.1, 0.15) is 39.2 Å². The van der Waals surface area contributed by atoms with E-state index in [0.29, 0.717) is 24.3 Å². The maximum absolute atomic E-state index is 10.6. The van der Waals surface area contributed by atoms with Crippen LogP contribution in [0.2, 0.25) is 0 Å². The predicted molar refractivity (Wildman–Crippen MR) is 84.2 cm³/mol. The van der Waals surface area contributed by atoms with Crippen molar-refractivity contribution in [2.24, 2.45) is 0 Å². The molecule has 0 heterocycles. The van der Waals surface area contributed by atoms with E-state index in [0.717, 1.165) is 12.0 Å². The summed E-state index contributed by atoms with van der Waals surface area (Å²) in [6.45, 7) is 5.91. The van der Waals surface area contributed by atoms with Crippen molar-refractivity contribution >= 4 is 0 Å². The third-order valence-corrected chi connectivity index (χ3v) is 3.85. The van der Waals surface area contributed by atoms with Crippen molar-refractivity contribution < 1.29 is 19.3 Å². The molecule has 0 bridgehead atoms. The van der Waals surface area contributed by atoms with E-state index in [1.54, 1.807) is 21.3 Å². The number of hydrogen-bond donors (Lipinski definition) is 1. The normalized spacial score (nSPS) is 14.6. The Morgan fingerprint density at radius 2 is 1.57 bits per heavy atom. The Bertz CT molecular complexity index is 452. The molecule has 0 aromatic heterocycles. The molecule has 0 aliphatic carbocycles. The largest absolute Gasteiger partial charge is 0.493 e. The van der Waals surface area contributed by atoms with Gasteiger partial charge in [-0.2, -0.15) is 0 Å². The highest BCUT2D eigenvalue weighted by Gasteiger charge is 2.26. The molecule has 1 aromatic rings. The number of ether oxygens (including phenoxy) is 3. The first kappa shape index (κ1) is 17.8. The van der Waals surface area contributed by atoms with Gasteiger partial charge < -0.3 is 19.3 Å². The first-order valence-corrected chi connectivity index (χ1v) is 7.21. The second-order valence-electron chi connectivity index (χ2n) is 6.33. The number of rotatable bonds is 8. The molecule has 0 aliphatic rings. The average Bonchev–Trinajstić information content (AvgIpc) is 2.45. The molecule has 4 heteroatoms. The fourth-order valence-electron chi connectivity index (χ4n) is 2.19. The summed E-state index contributed by atoms with van der Waals surface area (Å²) in [6.07, 6.45) is 2.03. The molecule has 1 unspecified atom stereocenters. The van der Waals surface area contributed by atoms with Crippen LogP contribution in [-0.4, -0.2) is 37.6 Å². The van der Waals surface area contributed by atoms with Crippen molar-refractivity contribution in [1.29, 1.82) is 0 Å². The molecule has 1 atom stereocenters. The Kier molecular flexibility index (Phi) is 6.05. The topological polar surface area (TPSA) is 47.9 Å². The first-order chi connectivity index (χ1) is 9.73. The summed E-state index contributed by atoms with van der Waals surface area (Å²) >= 11 is 0. The van der Waals surface area contributed by atoms with Gasteiger partial charge in [0, 0.05) is 13.5 Å². The van der Waals surface area contributed by atoms with Gasteiger partial charge in [0.05, 0.1) is 25.4 Å². The summed E-state index contributed by atoms with van der Waals surface area (Å²) in [5.41, 5.74) is 0.0182. The van der Waals surface area contributed by atoms with Gasteiger partial charge in [0.1, 0.15) is 0 Å². The van der Waals surface area contributed by atoms with E-state index in [-0.39, 0.29) is 5.60 Å². The van der Waals surface area contributed by atoms with Gasteiger partial charge in [-0.05, 0) is 51.3 Å². The van der Waals surface area contributed by atoms with Crippen molar-refractivity contribution in [2.45, 2.75) is 51.2 Å². The highest BCUT2D eigenvalue weighted by molar-refractivity contribution is 5.43. The minimum Gasteiger partial charge on any atom is -0.493 e. The molecule has 0 radical (unpaired) electrons. The Morgan fingerprint density at radius 3 is 2.10 bits per heavy atom. The lowest BCUT2D eigenvalue weighted by molar-refractivity contribution is -0.0189. The molecule has 4 nitrogen and oxygen atoms in total. The number of benzene rings is 1. The van der Waals surface area contributed by atoms with Gasteiger partial charge in [0.25, 0.3) is 0 Å². The van der Waals surface area contributed by atoms with Crippen LogP contribution in [0, 0.1) is 0 Å². The van der Waals surface area contributed by atoms with Crippen molar-refractivity contribution in [1.82, 2.24) is 0 Å². The molecule has 0 aliphatic heterocycles. The van der Waals surface area contributed by atoms with Gasteiger partial charge in [-0.25, -0.2) is 0 Å². The van der Waals surface area contributed by atoms with Gasteiger partial charge in [0.15, 0.2) is 11.5 Å². The Balaban J connectivity index is 2.75. The summed E-state index contributed by atoms with van der Waals surface area (Å²) in [6, 6.07) is 5.73. The molecular weight excluding hydrogens is 268 g/mol. The Morgan fingerprint density at radius 1 is 0.952 bits per heavy atom. The van der Waals surface area contributed by atoms with Crippen LogP contribution in [0.3, 0.4) is 0 Å². The van der Waals surface area contributed by atoms with Crippen LogP contribution in [0.25, 0.3) is 0 Å². The fraction of sp³-hybridized carbons (Fsp3) is 0.647. The zero-order valence-corrected chi connectivity index (χ0v) is 14.0. The molecule has 0 saturated carbocycles. The quantitative estimate of drug-likeness (QED) is 0.800. The smallest absolute Gasteiger partial charge is 0.160 e. The zero-order chi connectivity index (χ0) is 16.1. The molecule has 1 aromatic carbocycles. The van der Waals surface area contributed by atoms with Gasteiger partial charge in [-0.3, -0.25) is 0 Å². The summed E-state index contributed by atoms with van der Waals surface area (Å²) in [7, 11) is 4.92. The lowest BCUT2D eigenvalue weighted by atomic mass is 9.88. The van der Waals surface area contributed by atoms with Crippen molar-refractivity contribution in [3.8, 4) is 11.5 Å². The monoisotopic (exact) mass is 296 g/mol. The summed E-state index contributed by atoms with van der Waals surface area (Å²) < 4.78 is 15.9. The zero-order valence-electron chi connectivity index (χ0n) is 14.0. The highest BCUT2D eigenvalue weighted by Crippen LogP contribution is 2.30. The van der Waals surface area contributed by atoms with Crippen LogP contribution < -0.4 is 9.47 Å². The van der Waals surface area contributed by atoms with E-state index >= 15 is 0 Å². The van der Waals surface area contributed by atoms with E-state index in [4.69, 9.17) is 14.2 Å². The lowest BCUT2D eigenvalue weighted by Gasteiger charge is -2.29. The summed E-state index contributed by atoms with van der Waals surface area (Å²) in [4.78, 5) is 0. The van der Waals surface area contributed by atoms with E-state index in [9.17, 15) is 5.11 Å². The van der Waals surface area contributed by atoms with Crippen molar-refractivity contribution in [3.05, 3.63) is 23.8 Å². The number of aliphatic hydroxyl groups is 1. The molecule has 1 N–H and O–H groups in total. The van der Waals surface area contributed by atoms with Gasteiger partial charge in [-0.15, -0.1) is 0 Å². The lowest BCUT2D eigenvalue weighted by Crippen LogP contribution is -2.32. The molecule has 21 heavy (non-hydrogen) atoms. The van der Waals surface area contributed by atoms with E-state index in [1.165, 1.54) is 0 Å². The summed E-state index contributed by atoms with van der Waals surface area (Å²) in [5.74, 6) is 1.38. The minimum absolute atomic E-state index is 0.221. The molecule has 0 amide bonds. The average molecular weight is 296 g/mol. The molecule has 0 saturated heterocycles. The van der Waals surface area contributed by atoms with Gasteiger partial charge >= 0.3 is 0 Å². The predicted octanol–water partition coefficient (Wildman–Crippen LogP) is 3.20. The van der Waals surface area contributed by atoms with E-state index in [1.807, 2.05) is 39.0 Å². The standard InChI is InChI=1S/C17H28O4/c1-16(2,21-6)9-10-17(3,18)12-13-7-8-14(19-4)15(11-13)20-5/h7-8,11,18H,9-10,12H2,1-6H3. The van der Waals surface area contributed by atoms with Crippen LogP contribution in [-0.2, 0) is 11.2 Å². The highest BCUT2D eigenvalue weighted by atomic mass is 16.5. The van der Waals surface area contributed by atoms with Gasteiger partial charge in [-0.1, -0.05) is 6.07 Å². The maximum atomic E-state index is 10.6. The molecule has 0 fully saturated rings. The Labute approximate surface area is 128 Å². The van der Waals surface area contributed by atoms with Crippen LogP contribution in [0.4, 0.5) is 0 Å². The number of methoxy groups -OCH3 is 3.